The fourth-order valence-corrected chi connectivity index (χ4v) is 5.91. The molecule has 1 aliphatic rings. The molecular formula is C25H26F3NO2S. The molecule has 0 saturated heterocycles. The van der Waals surface area contributed by atoms with E-state index in [0.29, 0.717) is 24.8 Å². The normalized spacial score (nSPS) is 13.9. The summed E-state index contributed by atoms with van der Waals surface area (Å²) in [5, 5.41) is 1.03. The van der Waals surface area contributed by atoms with Gasteiger partial charge >= 0.3 is 12.1 Å². The van der Waals surface area contributed by atoms with Crippen LogP contribution in [0.5, 0.6) is 0 Å². The Labute approximate surface area is 189 Å². The van der Waals surface area contributed by atoms with Crippen molar-refractivity contribution < 1.29 is 22.7 Å². The van der Waals surface area contributed by atoms with Gasteiger partial charge in [-0.25, -0.2) is 4.98 Å². The Morgan fingerprint density at radius 2 is 1.97 bits per heavy atom. The largest absolute Gasteiger partial charge is 0.469 e. The second-order valence-corrected chi connectivity index (χ2v) is 9.39. The highest BCUT2D eigenvalue weighted by Crippen LogP contribution is 2.44. The molecule has 0 amide bonds. The van der Waals surface area contributed by atoms with Gasteiger partial charge in [-0.05, 0) is 86.3 Å². The molecule has 0 N–H and O–H groups in total. The van der Waals surface area contributed by atoms with Crippen LogP contribution in [0.3, 0.4) is 0 Å². The Morgan fingerprint density at radius 1 is 1.19 bits per heavy atom. The van der Waals surface area contributed by atoms with Crippen molar-refractivity contribution in [2.75, 3.05) is 7.11 Å². The molecule has 3 nitrogen and oxygen atoms in total. The number of carbonyl (C=O) groups is 1. The standard InChI is InChI=1S/C25H26F3NO2S/c1-15-18(10-4-6-13-21(30)31-2)22(16-8-7-9-17(14-16)25(26,27)28)23-19-11-3-5-12-20(19)32-24(23)29-15/h7-9,14H,3-6,10-13H2,1-2H3. The lowest BCUT2D eigenvalue weighted by atomic mass is 9.88. The van der Waals surface area contributed by atoms with Gasteiger partial charge < -0.3 is 4.74 Å². The summed E-state index contributed by atoms with van der Waals surface area (Å²) in [4.78, 5) is 18.6. The third kappa shape index (κ3) is 4.53. The minimum atomic E-state index is -4.40. The van der Waals surface area contributed by atoms with E-state index >= 15 is 0 Å². The van der Waals surface area contributed by atoms with Crippen molar-refractivity contribution in [2.24, 2.45) is 0 Å². The van der Waals surface area contributed by atoms with Gasteiger partial charge in [0.1, 0.15) is 4.83 Å². The highest BCUT2D eigenvalue weighted by atomic mass is 32.1. The number of aryl methyl sites for hydroxylation is 3. The van der Waals surface area contributed by atoms with Gasteiger partial charge in [0.15, 0.2) is 0 Å². The monoisotopic (exact) mass is 461 g/mol. The number of benzene rings is 1. The highest BCUT2D eigenvalue weighted by Gasteiger charge is 2.31. The lowest BCUT2D eigenvalue weighted by Crippen LogP contribution is -2.06. The lowest BCUT2D eigenvalue weighted by molar-refractivity contribution is -0.140. The molecule has 3 aromatic rings. The van der Waals surface area contributed by atoms with Gasteiger partial charge in [0.05, 0.1) is 12.7 Å². The summed E-state index contributed by atoms with van der Waals surface area (Å²) in [7, 11) is 1.37. The number of methoxy groups -OCH3 is 1. The minimum absolute atomic E-state index is 0.250. The molecule has 32 heavy (non-hydrogen) atoms. The first-order valence-electron chi connectivity index (χ1n) is 11.0. The molecule has 1 aromatic carbocycles. The summed E-state index contributed by atoms with van der Waals surface area (Å²) < 4.78 is 45.2. The fourth-order valence-electron chi connectivity index (χ4n) is 4.59. The maximum Gasteiger partial charge on any atom is 0.416 e. The van der Waals surface area contributed by atoms with Crippen molar-refractivity contribution in [1.29, 1.82) is 0 Å². The lowest BCUT2D eigenvalue weighted by Gasteiger charge is -2.18. The summed E-state index contributed by atoms with van der Waals surface area (Å²) in [6, 6.07) is 5.64. The van der Waals surface area contributed by atoms with Crippen LogP contribution in [0.1, 0.15) is 59.4 Å². The van der Waals surface area contributed by atoms with Gasteiger partial charge in [-0.15, -0.1) is 11.3 Å². The van der Waals surface area contributed by atoms with Crippen LogP contribution in [0.4, 0.5) is 13.2 Å². The number of halogens is 3. The minimum Gasteiger partial charge on any atom is -0.469 e. The number of hydrogen-bond donors (Lipinski definition) is 0. The number of esters is 1. The first-order valence-corrected chi connectivity index (χ1v) is 11.8. The van der Waals surface area contributed by atoms with E-state index in [4.69, 9.17) is 9.72 Å². The fraction of sp³-hybridized carbons (Fsp3) is 0.440. The molecule has 0 aliphatic heterocycles. The number of alkyl halides is 3. The van der Waals surface area contributed by atoms with Crippen LogP contribution in [-0.4, -0.2) is 18.1 Å². The molecule has 0 saturated carbocycles. The Kier molecular flexibility index (Phi) is 6.56. The van der Waals surface area contributed by atoms with E-state index in [0.717, 1.165) is 65.2 Å². The second kappa shape index (κ2) is 9.22. The molecule has 0 radical (unpaired) electrons. The average molecular weight is 462 g/mol. The van der Waals surface area contributed by atoms with Crippen LogP contribution in [0, 0.1) is 6.92 Å². The van der Waals surface area contributed by atoms with E-state index in [1.54, 1.807) is 17.4 Å². The summed E-state index contributed by atoms with van der Waals surface area (Å²) >= 11 is 1.68. The van der Waals surface area contributed by atoms with Gasteiger partial charge in [-0.2, -0.15) is 13.2 Å². The number of fused-ring (bicyclic) bond motifs is 3. The van der Waals surface area contributed by atoms with Gasteiger partial charge in [0, 0.05) is 22.4 Å². The summed E-state index contributed by atoms with van der Waals surface area (Å²) in [5.74, 6) is -0.250. The number of thiophene rings is 1. The highest BCUT2D eigenvalue weighted by molar-refractivity contribution is 7.19. The van der Waals surface area contributed by atoms with Crippen LogP contribution in [-0.2, 0) is 35.0 Å². The quantitative estimate of drug-likeness (QED) is 0.291. The maximum absolute atomic E-state index is 13.5. The Bertz CT molecular complexity index is 1150. The van der Waals surface area contributed by atoms with E-state index in [2.05, 4.69) is 0 Å². The molecule has 0 unspecified atom stereocenters. The number of ether oxygens (including phenoxy) is 1. The number of rotatable bonds is 6. The zero-order chi connectivity index (χ0) is 22.9. The molecule has 1 aliphatic carbocycles. The van der Waals surface area contributed by atoms with Gasteiger partial charge in [-0.1, -0.05) is 12.1 Å². The van der Waals surface area contributed by atoms with Crippen molar-refractivity contribution in [1.82, 2.24) is 4.98 Å². The second-order valence-electron chi connectivity index (χ2n) is 8.30. The summed E-state index contributed by atoms with van der Waals surface area (Å²) in [5.41, 5.74) is 3.92. The smallest absolute Gasteiger partial charge is 0.416 e. The number of hydrogen-bond acceptors (Lipinski definition) is 4. The van der Waals surface area contributed by atoms with Crippen LogP contribution < -0.4 is 0 Å². The molecule has 0 atom stereocenters. The molecule has 0 fully saturated rings. The summed E-state index contributed by atoms with van der Waals surface area (Å²) in [6.07, 6.45) is 2.15. The number of pyridine rings is 1. The average Bonchev–Trinajstić information content (AvgIpc) is 3.13. The van der Waals surface area contributed by atoms with E-state index in [1.165, 1.54) is 29.7 Å². The number of carbonyl (C=O) groups excluding carboxylic acids is 1. The maximum atomic E-state index is 13.5. The van der Waals surface area contributed by atoms with Crippen LogP contribution in [0.25, 0.3) is 21.3 Å². The van der Waals surface area contributed by atoms with Crippen molar-refractivity contribution >= 4 is 27.5 Å². The molecule has 2 aromatic heterocycles. The molecular weight excluding hydrogens is 435 g/mol. The summed E-state index contributed by atoms with van der Waals surface area (Å²) in [6.45, 7) is 1.94. The molecule has 0 spiro atoms. The van der Waals surface area contributed by atoms with E-state index < -0.39 is 11.7 Å². The Balaban J connectivity index is 1.85. The molecule has 2 heterocycles. The SMILES string of the molecule is COC(=O)CCCCc1c(C)nc2sc3c(c2c1-c1cccc(C(F)(F)F)c1)CCCC3. The zero-order valence-corrected chi connectivity index (χ0v) is 19.1. The molecule has 170 valence electrons. The van der Waals surface area contributed by atoms with E-state index in [1.807, 2.05) is 6.92 Å². The van der Waals surface area contributed by atoms with Crippen LogP contribution in [0.15, 0.2) is 24.3 Å². The van der Waals surface area contributed by atoms with Crippen molar-refractivity contribution in [3.63, 3.8) is 0 Å². The molecule has 4 rings (SSSR count). The number of aromatic nitrogens is 1. The Morgan fingerprint density at radius 3 is 2.72 bits per heavy atom. The topological polar surface area (TPSA) is 39.2 Å². The van der Waals surface area contributed by atoms with Gasteiger partial charge in [-0.3, -0.25) is 4.79 Å². The Hall–Kier alpha value is -2.41. The van der Waals surface area contributed by atoms with E-state index in [-0.39, 0.29) is 5.97 Å². The number of unbranched alkanes of at least 4 members (excludes halogenated alkanes) is 1. The third-order valence-electron chi connectivity index (χ3n) is 6.17. The predicted octanol–water partition coefficient (Wildman–Crippen LogP) is 7.06. The predicted molar refractivity (Wildman–Crippen MR) is 121 cm³/mol. The van der Waals surface area contributed by atoms with E-state index in [9.17, 15) is 18.0 Å². The van der Waals surface area contributed by atoms with Gasteiger partial charge in [0.25, 0.3) is 0 Å². The number of nitrogens with zero attached hydrogens (tertiary/aromatic N) is 1. The van der Waals surface area contributed by atoms with Crippen molar-refractivity contribution in [3.8, 4) is 11.1 Å². The first-order chi connectivity index (χ1) is 15.3. The molecule has 7 heteroatoms. The molecule has 0 bridgehead atoms. The van der Waals surface area contributed by atoms with Crippen LogP contribution in [0.2, 0.25) is 0 Å². The van der Waals surface area contributed by atoms with Crippen LogP contribution >= 0.6 is 11.3 Å². The van der Waals surface area contributed by atoms with Crippen molar-refractivity contribution in [2.45, 2.75) is 64.5 Å². The van der Waals surface area contributed by atoms with Gasteiger partial charge in [0.2, 0.25) is 0 Å². The van der Waals surface area contributed by atoms with Crippen molar-refractivity contribution in [3.05, 3.63) is 51.5 Å². The third-order valence-corrected chi connectivity index (χ3v) is 7.36. The zero-order valence-electron chi connectivity index (χ0n) is 18.3. The first kappa shape index (κ1) is 22.8.